The first-order valence-corrected chi connectivity index (χ1v) is 13.5. The van der Waals surface area contributed by atoms with Crippen LogP contribution in [0.3, 0.4) is 0 Å². The number of carbonyl (C=O) groups is 1. The number of benzene rings is 1. The highest BCUT2D eigenvalue weighted by atomic mass is 19.4. The van der Waals surface area contributed by atoms with E-state index >= 15 is 0 Å². The summed E-state index contributed by atoms with van der Waals surface area (Å²) in [5.74, 6) is 0.622. The monoisotopic (exact) mass is 532 g/mol. The Morgan fingerprint density at radius 2 is 1.76 bits per heavy atom. The maximum absolute atomic E-state index is 13.5. The molecule has 1 N–H and O–H groups in total. The van der Waals surface area contributed by atoms with Crippen LogP contribution >= 0.6 is 0 Å². The lowest BCUT2D eigenvalue weighted by molar-refractivity contribution is -0.256. The maximum atomic E-state index is 13.5. The summed E-state index contributed by atoms with van der Waals surface area (Å²) in [6.07, 6.45) is 3.59. The van der Waals surface area contributed by atoms with Crippen molar-refractivity contribution < 1.29 is 27.8 Å². The number of amides is 1. The number of ether oxygens (including phenoxy) is 1. The number of likely N-dealkylation sites (tertiary alicyclic amines) is 2. The average molecular weight is 533 g/mol. The molecule has 206 valence electrons. The lowest BCUT2D eigenvalue weighted by Gasteiger charge is -2.47. The van der Waals surface area contributed by atoms with Gasteiger partial charge in [-0.2, -0.15) is 13.2 Å². The normalized spacial score (nSPS) is 22.3. The molecule has 1 amide bonds. The predicted octanol–water partition coefficient (Wildman–Crippen LogP) is 4.56. The van der Waals surface area contributed by atoms with Crippen molar-refractivity contribution in [3.8, 4) is 17.1 Å². The van der Waals surface area contributed by atoms with E-state index in [1.54, 1.807) is 29.4 Å². The SMILES string of the molecule is O=C(c1ccc(-c2cnc(OCC3CCN(CC4(C(F)(F)F)CCC4)CC3)cn2)cc1)N1CCCC1CO. The van der Waals surface area contributed by atoms with Crippen LogP contribution in [0.5, 0.6) is 5.88 Å². The zero-order valence-electron chi connectivity index (χ0n) is 21.5. The zero-order chi connectivity index (χ0) is 26.8. The molecular weight excluding hydrogens is 497 g/mol. The van der Waals surface area contributed by atoms with Crippen molar-refractivity contribution in [2.45, 2.75) is 57.2 Å². The number of carbonyl (C=O) groups excluding carboxylic acids is 1. The number of piperidine rings is 1. The fourth-order valence-corrected chi connectivity index (χ4v) is 5.86. The molecule has 38 heavy (non-hydrogen) atoms. The number of aromatic nitrogens is 2. The van der Waals surface area contributed by atoms with Crippen molar-refractivity contribution >= 4 is 5.91 Å². The number of hydrogen-bond donors (Lipinski definition) is 1. The summed E-state index contributed by atoms with van der Waals surface area (Å²) in [6.45, 7) is 2.55. The smallest absolute Gasteiger partial charge is 0.395 e. The summed E-state index contributed by atoms with van der Waals surface area (Å²) >= 11 is 0. The van der Waals surface area contributed by atoms with Crippen LogP contribution in [-0.2, 0) is 0 Å². The van der Waals surface area contributed by atoms with Crippen LogP contribution in [0, 0.1) is 11.3 Å². The van der Waals surface area contributed by atoms with Gasteiger partial charge < -0.3 is 19.6 Å². The van der Waals surface area contributed by atoms with Gasteiger partial charge in [0.15, 0.2) is 0 Å². The first-order chi connectivity index (χ1) is 18.3. The van der Waals surface area contributed by atoms with Gasteiger partial charge in [0.25, 0.3) is 5.91 Å². The third-order valence-corrected chi connectivity index (χ3v) is 8.52. The van der Waals surface area contributed by atoms with Gasteiger partial charge in [-0.1, -0.05) is 18.6 Å². The van der Waals surface area contributed by atoms with E-state index in [-0.39, 0.29) is 43.9 Å². The molecule has 1 atom stereocenters. The zero-order valence-corrected chi connectivity index (χ0v) is 21.5. The van der Waals surface area contributed by atoms with Gasteiger partial charge in [0, 0.05) is 24.2 Å². The van der Waals surface area contributed by atoms with Gasteiger partial charge in [0.2, 0.25) is 5.88 Å². The van der Waals surface area contributed by atoms with Crippen molar-refractivity contribution in [2.75, 3.05) is 39.4 Å². The molecule has 1 aromatic carbocycles. The predicted molar refractivity (Wildman–Crippen MR) is 136 cm³/mol. The van der Waals surface area contributed by atoms with Crippen LogP contribution in [0.25, 0.3) is 11.3 Å². The highest BCUT2D eigenvalue weighted by Gasteiger charge is 2.58. The number of hydrogen-bond acceptors (Lipinski definition) is 6. The van der Waals surface area contributed by atoms with Gasteiger partial charge in [-0.25, -0.2) is 9.97 Å². The molecule has 1 aromatic heterocycles. The Kier molecular flexibility index (Phi) is 7.90. The molecule has 2 aliphatic heterocycles. The second kappa shape index (κ2) is 11.2. The lowest BCUT2D eigenvalue weighted by atomic mass is 9.67. The van der Waals surface area contributed by atoms with Crippen LogP contribution in [0.2, 0.25) is 0 Å². The number of aliphatic hydroxyl groups excluding tert-OH is 1. The number of nitrogens with zero attached hydrogens (tertiary/aromatic N) is 4. The fourth-order valence-electron chi connectivity index (χ4n) is 5.86. The molecule has 0 radical (unpaired) electrons. The van der Waals surface area contributed by atoms with E-state index in [9.17, 15) is 23.1 Å². The second-order valence-corrected chi connectivity index (χ2v) is 11.0. The van der Waals surface area contributed by atoms with Gasteiger partial charge in [-0.3, -0.25) is 4.79 Å². The Balaban J connectivity index is 1.09. The summed E-state index contributed by atoms with van der Waals surface area (Å²) in [5, 5.41) is 9.49. The van der Waals surface area contributed by atoms with E-state index < -0.39 is 11.6 Å². The topological polar surface area (TPSA) is 78.8 Å². The fraction of sp³-hybridized carbons (Fsp3) is 0.607. The Morgan fingerprint density at radius 3 is 2.34 bits per heavy atom. The summed E-state index contributed by atoms with van der Waals surface area (Å²) in [5.41, 5.74) is 0.569. The van der Waals surface area contributed by atoms with Crippen LogP contribution < -0.4 is 4.74 Å². The third kappa shape index (κ3) is 5.66. The second-order valence-electron chi connectivity index (χ2n) is 11.0. The molecule has 1 saturated carbocycles. The quantitative estimate of drug-likeness (QED) is 0.537. The Labute approximate surface area is 221 Å². The molecule has 2 aromatic rings. The highest BCUT2D eigenvalue weighted by Crippen LogP contribution is 2.53. The lowest BCUT2D eigenvalue weighted by Crippen LogP contribution is -2.53. The molecule has 2 saturated heterocycles. The van der Waals surface area contributed by atoms with E-state index in [0.717, 1.165) is 31.2 Å². The van der Waals surface area contributed by atoms with E-state index in [2.05, 4.69) is 9.97 Å². The molecule has 10 heteroatoms. The minimum Gasteiger partial charge on any atom is -0.476 e. The number of alkyl halides is 3. The van der Waals surface area contributed by atoms with Gasteiger partial charge in [-0.15, -0.1) is 0 Å². The molecular formula is C28H35F3N4O3. The Bertz CT molecular complexity index is 1080. The number of aliphatic hydroxyl groups is 1. The van der Waals surface area contributed by atoms with Crippen LogP contribution in [-0.4, -0.2) is 82.4 Å². The minimum absolute atomic E-state index is 0.0182. The largest absolute Gasteiger partial charge is 0.476 e. The molecule has 3 fully saturated rings. The number of rotatable bonds is 8. The van der Waals surface area contributed by atoms with Crippen molar-refractivity contribution in [1.82, 2.24) is 19.8 Å². The molecule has 3 aliphatic rings. The molecule has 3 heterocycles. The van der Waals surface area contributed by atoms with Gasteiger partial charge in [0.1, 0.15) is 0 Å². The molecule has 1 unspecified atom stereocenters. The van der Waals surface area contributed by atoms with Crippen LogP contribution in [0.4, 0.5) is 13.2 Å². The van der Waals surface area contributed by atoms with E-state index in [1.165, 1.54) is 0 Å². The third-order valence-electron chi connectivity index (χ3n) is 8.52. The van der Waals surface area contributed by atoms with E-state index in [4.69, 9.17) is 4.74 Å². The summed E-state index contributed by atoms with van der Waals surface area (Å²) < 4.78 is 46.3. The van der Waals surface area contributed by atoms with Crippen molar-refractivity contribution in [3.05, 3.63) is 42.2 Å². The van der Waals surface area contributed by atoms with Crippen molar-refractivity contribution in [3.63, 3.8) is 0 Å². The van der Waals surface area contributed by atoms with Crippen LogP contribution in [0.15, 0.2) is 36.7 Å². The summed E-state index contributed by atoms with van der Waals surface area (Å²) in [4.78, 5) is 25.3. The average Bonchev–Trinajstić information content (AvgIpc) is 3.38. The first kappa shape index (κ1) is 26.9. The van der Waals surface area contributed by atoms with Gasteiger partial charge >= 0.3 is 6.18 Å². The number of halogens is 3. The molecule has 0 bridgehead atoms. The summed E-state index contributed by atoms with van der Waals surface area (Å²) in [7, 11) is 0. The molecule has 1 aliphatic carbocycles. The minimum atomic E-state index is -4.12. The Hall–Kier alpha value is -2.72. The van der Waals surface area contributed by atoms with Crippen molar-refractivity contribution in [1.29, 1.82) is 0 Å². The standard InChI is InChI=1S/C28H35F3N4O3/c29-28(30,31)27(10-2-11-27)19-34-13-8-20(9-14-34)18-38-25-16-32-24(15-33-25)21-4-6-22(7-5-21)26(37)35-12-1-3-23(35)17-36/h4-7,15-16,20,23,36H,1-3,8-14,17-19H2. The first-order valence-electron chi connectivity index (χ1n) is 13.5. The summed E-state index contributed by atoms with van der Waals surface area (Å²) in [6, 6.07) is 7.10. The molecule has 5 rings (SSSR count). The van der Waals surface area contributed by atoms with E-state index in [1.807, 2.05) is 17.0 Å². The van der Waals surface area contributed by atoms with E-state index in [0.29, 0.717) is 49.8 Å². The molecule has 0 spiro atoms. The maximum Gasteiger partial charge on any atom is 0.395 e. The highest BCUT2D eigenvalue weighted by molar-refractivity contribution is 5.95. The van der Waals surface area contributed by atoms with Crippen molar-refractivity contribution in [2.24, 2.45) is 11.3 Å². The molecule has 7 nitrogen and oxygen atoms in total. The van der Waals surface area contributed by atoms with Crippen LogP contribution in [0.1, 0.15) is 55.3 Å². The van der Waals surface area contributed by atoms with Gasteiger partial charge in [0.05, 0.1) is 42.8 Å². The Morgan fingerprint density at radius 1 is 1.03 bits per heavy atom. The van der Waals surface area contributed by atoms with Gasteiger partial charge in [-0.05, 0) is 69.7 Å².